The Kier molecular flexibility index (Phi) is 4.46. The number of rotatable bonds is 2. The van der Waals surface area contributed by atoms with Crippen LogP contribution >= 0.6 is 0 Å². The van der Waals surface area contributed by atoms with E-state index in [0.717, 1.165) is 22.1 Å². The molecule has 2 fully saturated rings. The van der Waals surface area contributed by atoms with Crippen LogP contribution in [0, 0.1) is 11.3 Å². The number of methoxy groups -OCH3 is 1. The molecule has 0 aromatic carbocycles. The molecule has 0 radical (unpaired) electrons. The monoisotopic (exact) mass is 257 g/mol. The fourth-order valence-electron chi connectivity index (χ4n) is 3.66. The molecule has 1 aliphatic carbocycles. The predicted octanol–water partition coefficient (Wildman–Crippen LogP) is 3.63. The molecule has 17 heavy (non-hydrogen) atoms. The molecule has 0 aromatic rings. The SMILES string of the molecule is COC1CC([S+]2CCCC2)CCC1C(C)(C)C. The van der Waals surface area contributed by atoms with Gasteiger partial charge in [0.2, 0.25) is 0 Å². The Balaban J connectivity index is 1.96. The van der Waals surface area contributed by atoms with Crippen molar-refractivity contribution >= 4 is 10.9 Å². The molecule has 0 bridgehead atoms. The Morgan fingerprint density at radius 3 is 2.24 bits per heavy atom. The molecule has 1 heterocycles. The largest absolute Gasteiger partial charge is 0.381 e. The molecule has 1 nitrogen and oxygen atoms in total. The Bertz CT molecular complexity index is 240. The van der Waals surface area contributed by atoms with Gasteiger partial charge in [-0.25, -0.2) is 0 Å². The van der Waals surface area contributed by atoms with Gasteiger partial charge in [0.1, 0.15) is 16.8 Å². The Morgan fingerprint density at radius 1 is 1.06 bits per heavy atom. The van der Waals surface area contributed by atoms with E-state index in [-0.39, 0.29) is 0 Å². The molecule has 1 aliphatic heterocycles. The first-order chi connectivity index (χ1) is 8.02. The topological polar surface area (TPSA) is 9.23 Å². The van der Waals surface area contributed by atoms with Crippen molar-refractivity contribution in [2.24, 2.45) is 11.3 Å². The van der Waals surface area contributed by atoms with Gasteiger partial charge in [-0.2, -0.15) is 0 Å². The van der Waals surface area contributed by atoms with Crippen molar-refractivity contribution in [2.75, 3.05) is 18.6 Å². The first kappa shape index (κ1) is 13.7. The third-order valence-electron chi connectivity index (χ3n) is 4.69. The van der Waals surface area contributed by atoms with Crippen LogP contribution in [-0.4, -0.2) is 30.0 Å². The minimum atomic E-state index is 0.407. The molecule has 100 valence electrons. The highest BCUT2D eigenvalue weighted by atomic mass is 32.2. The summed E-state index contributed by atoms with van der Waals surface area (Å²) in [4.78, 5) is 0. The minimum Gasteiger partial charge on any atom is -0.381 e. The standard InChI is InChI=1S/C15H29OS/c1-15(2,3)13-8-7-12(11-14(13)16-4)17-9-5-6-10-17/h12-14H,5-11H2,1-4H3/q+1. The molecular weight excluding hydrogens is 228 g/mol. The molecule has 0 aromatic heterocycles. The van der Waals surface area contributed by atoms with Gasteiger partial charge in [-0.15, -0.1) is 0 Å². The highest BCUT2D eigenvalue weighted by molar-refractivity contribution is 7.97. The molecule has 3 unspecified atom stereocenters. The van der Waals surface area contributed by atoms with E-state index in [0.29, 0.717) is 11.5 Å². The van der Waals surface area contributed by atoms with Crippen molar-refractivity contribution < 1.29 is 4.74 Å². The van der Waals surface area contributed by atoms with Gasteiger partial charge in [0, 0.05) is 13.5 Å². The first-order valence-electron chi connectivity index (χ1n) is 7.21. The van der Waals surface area contributed by atoms with Gasteiger partial charge >= 0.3 is 0 Å². The second-order valence-electron chi connectivity index (χ2n) is 6.83. The predicted molar refractivity (Wildman–Crippen MR) is 77.7 cm³/mol. The van der Waals surface area contributed by atoms with E-state index in [2.05, 4.69) is 20.8 Å². The van der Waals surface area contributed by atoms with Gasteiger partial charge in [0.15, 0.2) is 0 Å². The Hall–Kier alpha value is 0.310. The molecule has 0 N–H and O–H groups in total. The normalized spacial score (nSPS) is 36.4. The molecular formula is C15H29OS+. The van der Waals surface area contributed by atoms with Crippen LogP contribution in [0.15, 0.2) is 0 Å². The molecule has 2 heteroatoms. The van der Waals surface area contributed by atoms with Crippen LogP contribution in [0.1, 0.15) is 52.9 Å². The molecule has 0 amide bonds. The number of ether oxygens (including phenoxy) is 1. The lowest BCUT2D eigenvalue weighted by molar-refractivity contribution is -0.0201. The maximum absolute atomic E-state index is 5.82. The summed E-state index contributed by atoms with van der Waals surface area (Å²) in [7, 11) is 2.66. The zero-order valence-corrected chi connectivity index (χ0v) is 12.8. The van der Waals surface area contributed by atoms with Crippen LogP contribution in [0.3, 0.4) is 0 Å². The lowest BCUT2D eigenvalue weighted by Crippen LogP contribution is -2.43. The fourth-order valence-corrected chi connectivity index (χ4v) is 6.61. The maximum Gasteiger partial charge on any atom is 0.120 e. The summed E-state index contributed by atoms with van der Waals surface area (Å²) in [6.07, 6.45) is 7.67. The summed E-state index contributed by atoms with van der Waals surface area (Å²) in [5, 5.41) is 0.987. The average molecular weight is 257 g/mol. The van der Waals surface area contributed by atoms with E-state index in [1.54, 1.807) is 0 Å². The molecule has 2 aliphatic rings. The third kappa shape index (κ3) is 3.20. The summed E-state index contributed by atoms with van der Waals surface area (Å²) >= 11 is 0. The van der Waals surface area contributed by atoms with E-state index in [9.17, 15) is 0 Å². The van der Waals surface area contributed by atoms with Crippen LogP contribution in [0.25, 0.3) is 0 Å². The maximum atomic E-state index is 5.82. The highest BCUT2D eigenvalue weighted by Crippen LogP contribution is 2.42. The summed E-state index contributed by atoms with van der Waals surface area (Å²) in [5.41, 5.74) is 0.407. The van der Waals surface area contributed by atoms with Crippen molar-refractivity contribution in [3.05, 3.63) is 0 Å². The van der Waals surface area contributed by atoms with Gasteiger partial charge in [-0.3, -0.25) is 0 Å². The zero-order valence-electron chi connectivity index (χ0n) is 12.0. The van der Waals surface area contributed by atoms with E-state index in [1.165, 1.54) is 43.6 Å². The molecule has 3 atom stereocenters. The molecule has 1 saturated heterocycles. The smallest absolute Gasteiger partial charge is 0.120 e. The van der Waals surface area contributed by atoms with Crippen molar-refractivity contribution in [3.63, 3.8) is 0 Å². The summed E-state index contributed by atoms with van der Waals surface area (Å²) in [5.74, 6) is 3.79. The van der Waals surface area contributed by atoms with Gasteiger partial charge in [-0.1, -0.05) is 20.8 Å². The van der Waals surface area contributed by atoms with E-state index < -0.39 is 0 Å². The zero-order chi connectivity index (χ0) is 12.5. The molecule has 0 spiro atoms. The van der Waals surface area contributed by atoms with Crippen LogP contribution in [0.4, 0.5) is 0 Å². The highest BCUT2D eigenvalue weighted by Gasteiger charge is 2.44. The first-order valence-corrected chi connectivity index (χ1v) is 8.84. The van der Waals surface area contributed by atoms with Crippen LogP contribution < -0.4 is 0 Å². The lowest BCUT2D eigenvalue weighted by Gasteiger charge is -2.41. The lowest BCUT2D eigenvalue weighted by atomic mass is 9.70. The second-order valence-corrected chi connectivity index (χ2v) is 9.39. The van der Waals surface area contributed by atoms with E-state index in [1.807, 2.05) is 7.11 Å². The van der Waals surface area contributed by atoms with Crippen LogP contribution in [0.2, 0.25) is 0 Å². The van der Waals surface area contributed by atoms with Gasteiger partial charge in [-0.05, 0) is 47.9 Å². The van der Waals surface area contributed by atoms with Gasteiger partial charge < -0.3 is 4.74 Å². The average Bonchev–Trinajstić information content (AvgIpc) is 2.80. The van der Waals surface area contributed by atoms with Crippen molar-refractivity contribution in [1.82, 2.24) is 0 Å². The van der Waals surface area contributed by atoms with Gasteiger partial charge in [0.25, 0.3) is 0 Å². The van der Waals surface area contributed by atoms with Crippen molar-refractivity contribution in [1.29, 1.82) is 0 Å². The second kappa shape index (κ2) is 5.52. The fraction of sp³-hybridized carbons (Fsp3) is 1.00. The van der Waals surface area contributed by atoms with Crippen LogP contribution in [-0.2, 0) is 15.6 Å². The van der Waals surface area contributed by atoms with Crippen molar-refractivity contribution in [3.8, 4) is 0 Å². The van der Waals surface area contributed by atoms with Crippen LogP contribution in [0.5, 0.6) is 0 Å². The van der Waals surface area contributed by atoms with Crippen molar-refractivity contribution in [2.45, 2.75) is 64.2 Å². The molecule has 2 rings (SSSR count). The van der Waals surface area contributed by atoms with E-state index >= 15 is 0 Å². The minimum absolute atomic E-state index is 0.407. The summed E-state index contributed by atoms with van der Waals surface area (Å²) < 4.78 is 5.82. The summed E-state index contributed by atoms with van der Waals surface area (Å²) in [6.45, 7) is 7.13. The quantitative estimate of drug-likeness (QED) is 0.686. The molecule has 1 saturated carbocycles. The third-order valence-corrected chi connectivity index (χ3v) is 7.69. The van der Waals surface area contributed by atoms with E-state index in [4.69, 9.17) is 4.74 Å². The van der Waals surface area contributed by atoms with Gasteiger partial charge in [0.05, 0.1) is 6.10 Å². The Labute approximate surface area is 110 Å². The number of hydrogen-bond donors (Lipinski definition) is 0. The summed E-state index contributed by atoms with van der Waals surface area (Å²) in [6, 6.07) is 0. The Morgan fingerprint density at radius 2 is 1.71 bits per heavy atom. The number of hydrogen-bond acceptors (Lipinski definition) is 1.